The molecule has 4 heteroatoms. The maximum atomic E-state index is 13.0. The van der Waals surface area contributed by atoms with Gasteiger partial charge in [-0.15, -0.1) is 11.3 Å². The summed E-state index contributed by atoms with van der Waals surface area (Å²) in [4.78, 5) is 17.7. The summed E-state index contributed by atoms with van der Waals surface area (Å²) in [5.41, 5.74) is 3.53. The van der Waals surface area contributed by atoms with E-state index in [1.807, 2.05) is 84.2 Å². The van der Waals surface area contributed by atoms with Gasteiger partial charge in [-0.2, -0.15) is 0 Å². The van der Waals surface area contributed by atoms with Crippen LogP contribution in [0.15, 0.2) is 96.4 Å². The average molecular weight is 413 g/mol. The summed E-state index contributed by atoms with van der Waals surface area (Å²) in [6, 6.07) is 30.4. The first-order valence-corrected chi connectivity index (χ1v) is 10.9. The standard InChI is InChI=1S/C26H24N2OS/c1-26(21-13-7-3-8-14-21,22-15-9-4-10-16-22)28-24(29)18-23-19-30-25(27-23)17-20-11-5-2-6-12-20/h2-16,19H,17-18H2,1H3,(H,28,29). The minimum Gasteiger partial charge on any atom is -0.342 e. The zero-order valence-corrected chi connectivity index (χ0v) is 17.7. The third-order valence-corrected chi connectivity index (χ3v) is 6.13. The highest BCUT2D eigenvalue weighted by Gasteiger charge is 2.30. The van der Waals surface area contributed by atoms with Gasteiger partial charge in [0.15, 0.2) is 0 Å². The molecule has 1 amide bonds. The summed E-state index contributed by atoms with van der Waals surface area (Å²) in [5.74, 6) is -0.0400. The number of thiazole rings is 1. The molecule has 0 radical (unpaired) electrons. The average Bonchev–Trinajstić information content (AvgIpc) is 3.22. The first-order valence-electron chi connectivity index (χ1n) is 10.0. The van der Waals surface area contributed by atoms with Crippen molar-refractivity contribution in [1.82, 2.24) is 10.3 Å². The molecule has 1 aromatic heterocycles. The molecule has 0 saturated carbocycles. The highest BCUT2D eigenvalue weighted by Crippen LogP contribution is 2.29. The van der Waals surface area contributed by atoms with Gasteiger partial charge in [0.25, 0.3) is 0 Å². The van der Waals surface area contributed by atoms with Crippen LogP contribution in [0.1, 0.15) is 34.3 Å². The molecule has 4 aromatic rings. The smallest absolute Gasteiger partial charge is 0.227 e. The van der Waals surface area contributed by atoms with Gasteiger partial charge in [0.05, 0.1) is 22.7 Å². The molecule has 0 unspecified atom stereocenters. The Hall–Kier alpha value is -3.24. The molecule has 0 aliphatic rings. The Labute approximate surface area is 181 Å². The van der Waals surface area contributed by atoms with E-state index in [4.69, 9.17) is 0 Å². The number of amides is 1. The van der Waals surface area contributed by atoms with Gasteiger partial charge in [-0.1, -0.05) is 91.0 Å². The van der Waals surface area contributed by atoms with Crippen LogP contribution in [0.5, 0.6) is 0 Å². The third-order valence-electron chi connectivity index (χ3n) is 5.23. The highest BCUT2D eigenvalue weighted by atomic mass is 32.1. The fourth-order valence-electron chi connectivity index (χ4n) is 3.62. The molecule has 0 bridgehead atoms. The number of carbonyl (C=O) groups is 1. The maximum absolute atomic E-state index is 13.0. The Morgan fingerprint density at radius 2 is 1.40 bits per heavy atom. The van der Waals surface area contributed by atoms with Gasteiger partial charge < -0.3 is 5.32 Å². The van der Waals surface area contributed by atoms with E-state index in [-0.39, 0.29) is 12.3 Å². The SMILES string of the molecule is CC(NC(=O)Cc1csc(Cc2ccccc2)n1)(c1ccccc1)c1ccccc1. The number of aromatic nitrogens is 1. The summed E-state index contributed by atoms with van der Waals surface area (Å²) in [6.07, 6.45) is 1.05. The largest absolute Gasteiger partial charge is 0.342 e. The van der Waals surface area contributed by atoms with Gasteiger partial charge in [-0.25, -0.2) is 4.98 Å². The normalized spacial score (nSPS) is 11.2. The van der Waals surface area contributed by atoms with Gasteiger partial charge in [0.1, 0.15) is 0 Å². The predicted octanol–water partition coefficient (Wildman–Crippen LogP) is 5.36. The van der Waals surface area contributed by atoms with Crippen molar-refractivity contribution in [1.29, 1.82) is 0 Å². The highest BCUT2D eigenvalue weighted by molar-refractivity contribution is 7.09. The van der Waals surface area contributed by atoms with Crippen LogP contribution in [0.25, 0.3) is 0 Å². The molecule has 0 fully saturated rings. The van der Waals surface area contributed by atoms with Crippen molar-refractivity contribution < 1.29 is 4.79 Å². The Bertz CT molecular complexity index is 1050. The number of benzene rings is 3. The molecule has 150 valence electrons. The van der Waals surface area contributed by atoms with Crippen molar-refractivity contribution in [3.8, 4) is 0 Å². The zero-order valence-electron chi connectivity index (χ0n) is 16.9. The summed E-state index contributed by atoms with van der Waals surface area (Å²) >= 11 is 1.61. The number of rotatable bonds is 7. The quantitative estimate of drug-likeness (QED) is 0.444. The van der Waals surface area contributed by atoms with Crippen molar-refractivity contribution in [3.05, 3.63) is 124 Å². The molecule has 3 nitrogen and oxygen atoms in total. The van der Waals surface area contributed by atoms with Crippen LogP contribution >= 0.6 is 11.3 Å². The van der Waals surface area contributed by atoms with E-state index < -0.39 is 5.54 Å². The van der Waals surface area contributed by atoms with E-state index in [0.717, 1.165) is 28.2 Å². The fraction of sp³-hybridized carbons (Fsp3) is 0.154. The van der Waals surface area contributed by atoms with Crippen molar-refractivity contribution in [2.75, 3.05) is 0 Å². The van der Waals surface area contributed by atoms with Crippen LogP contribution in [-0.2, 0) is 23.2 Å². The Balaban J connectivity index is 1.50. The summed E-state index contributed by atoms with van der Waals surface area (Å²) in [5, 5.41) is 6.27. The van der Waals surface area contributed by atoms with Gasteiger partial charge in [-0.05, 0) is 23.6 Å². The van der Waals surface area contributed by atoms with Gasteiger partial charge in [0, 0.05) is 11.8 Å². The van der Waals surface area contributed by atoms with E-state index in [2.05, 4.69) is 29.4 Å². The summed E-state index contributed by atoms with van der Waals surface area (Å²) in [7, 11) is 0. The molecule has 3 aromatic carbocycles. The molecular formula is C26H24N2OS. The summed E-state index contributed by atoms with van der Waals surface area (Å²) < 4.78 is 0. The molecule has 0 aliphatic heterocycles. The first-order chi connectivity index (χ1) is 14.6. The third kappa shape index (κ3) is 4.66. The van der Waals surface area contributed by atoms with E-state index in [0.29, 0.717) is 0 Å². The molecule has 4 rings (SSSR count). The van der Waals surface area contributed by atoms with E-state index in [9.17, 15) is 4.79 Å². The molecule has 0 atom stereocenters. The topological polar surface area (TPSA) is 42.0 Å². The zero-order chi connectivity index (χ0) is 20.8. The van der Waals surface area contributed by atoms with Crippen LogP contribution in [0.2, 0.25) is 0 Å². The first kappa shape index (κ1) is 20.0. The number of nitrogens with zero attached hydrogens (tertiary/aromatic N) is 1. The van der Waals surface area contributed by atoms with Crippen LogP contribution in [0.4, 0.5) is 0 Å². The molecule has 1 N–H and O–H groups in total. The molecule has 0 saturated heterocycles. The molecule has 30 heavy (non-hydrogen) atoms. The fourth-order valence-corrected chi connectivity index (χ4v) is 4.45. The predicted molar refractivity (Wildman–Crippen MR) is 123 cm³/mol. The van der Waals surface area contributed by atoms with Crippen LogP contribution in [0, 0.1) is 0 Å². The van der Waals surface area contributed by atoms with Crippen molar-refractivity contribution in [2.24, 2.45) is 0 Å². The van der Waals surface area contributed by atoms with Crippen LogP contribution in [0.3, 0.4) is 0 Å². The van der Waals surface area contributed by atoms with Gasteiger partial charge >= 0.3 is 0 Å². The lowest BCUT2D eigenvalue weighted by Crippen LogP contribution is -2.45. The molecular weight excluding hydrogens is 388 g/mol. The van der Waals surface area contributed by atoms with E-state index in [1.165, 1.54) is 5.56 Å². The number of nitrogens with one attached hydrogen (secondary N) is 1. The Morgan fingerprint density at radius 3 is 1.97 bits per heavy atom. The van der Waals surface area contributed by atoms with Gasteiger partial charge in [0.2, 0.25) is 5.91 Å². The minimum absolute atomic E-state index is 0.0400. The molecule has 0 spiro atoms. The second kappa shape index (κ2) is 9.06. The van der Waals surface area contributed by atoms with Gasteiger partial charge in [-0.3, -0.25) is 4.79 Å². The monoisotopic (exact) mass is 412 g/mol. The minimum atomic E-state index is -0.609. The second-order valence-corrected chi connectivity index (χ2v) is 8.42. The van der Waals surface area contributed by atoms with Crippen molar-refractivity contribution >= 4 is 17.2 Å². The number of hydrogen-bond donors (Lipinski definition) is 1. The maximum Gasteiger partial charge on any atom is 0.227 e. The summed E-state index contributed by atoms with van der Waals surface area (Å²) in [6.45, 7) is 2.05. The van der Waals surface area contributed by atoms with Crippen molar-refractivity contribution in [2.45, 2.75) is 25.3 Å². The Morgan fingerprint density at radius 1 is 0.867 bits per heavy atom. The van der Waals surface area contributed by atoms with Crippen molar-refractivity contribution in [3.63, 3.8) is 0 Å². The second-order valence-electron chi connectivity index (χ2n) is 7.48. The lowest BCUT2D eigenvalue weighted by molar-refractivity contribution is -0.121. The lowest BCUT2D eigenvalue weighted by Gasteiger charge is -2.32. The number of hydrogen-bond acceptors (Lipinski definition) is 3. The number of carbonyl (C=O) groups excluding carboxylic acids is 1. The van der Waals surface area contributed by atoms with E-state index in [1.54, 1.807) is 11.3 Å². The van der Waals surface area contributed by atoms with Crippen LogP contribution < -0.4 is 5.32 Å². The Kier molecular flexibility index (Phi) is 6.05. The molecule has 1 heterocycles. The molecule has 0 aliphatic carbocycles. The van der Waals surface area contributed by atoms with E-state index >= 15 is 0 Å². The van der Waals surface area contributed by atoms with Crippen LogP contribution in [-0.4, -0.2) is 10.9 Å². The lowest BCUT2D eigenvalue weighted by atomic mass is 9.84.